The molecular formula is C24H26NO3P. The Hall–Kier alpha value is -2.55. The maximum Gasteiger partial charge on any atom is 0.516 e. The topological polar surface area (TPSA) is 38.5 Å². The Bertz CT molecular complexity index is 952. The standard InChI is InChI=1S/C24H26NO3P/c1-24(2,3)20-16-14-19(15-17-20)23-18-25(23)29(26,27-21-10-6-4-7-11-21)28-22-12-8-5-9-13-22/h4-17,23H,18H2,1-3H3. The van der Waals surface area contributed by atoms with Crippen molar-refractivity contribution >= 4 is 7.75 Å². The fourth-order valence-corrected chi connectivity index (χ4v) is 5.09. The van der Waals surface area contributed by atoms with E-state index in [2.05, 4.69) is 45.0 Å². The van der Waals surface area contributed by atoms with Crippen LogP contribution in [0.1, 0.15) is 37.9 Å². The molecule has 5 heteroatoms. The van der Waals surface area contributed by atoms with E-state index in [1.807, 2.05) is 36.4 Å². The highest BCUT2D eigenvalue weighted by Gasteiger charge is 2.53. The molecule has 0 bridgehead atoms. The Balaban J connectivity index is 1.58. The van der Waals surface area contributed by atoms with Gasteiger partial charge in [-0.3, -0.25) is 0 Å². The van der Waals surface area contributed by atoms with Crippen LogP contribution in [0.4, 0.5) is 0 Å². The molecule has 1 aliphatic rings. The molecule has 150 valence electrons. The lowest BCUT2D eigenvalue weighted by atomic mass is 9.86. The fourth-order valence-electron chi connectivity index (χ4n) is 3.24. The van der Waals surface area contributed by atoms with Gasteiger partial charge in [-0.2, -0.15) is 4.67 Å². The summed E-state index contributed by atoms with van der Waals surface area (Å²) in [6.07, 6.45) is 0. The van der Waals surface area contributed by atoms with E-state index in [4.69, 9.17) is 9.05 Å². The third-order valence-electron chi connectivity index (χ3n) is 4.99. The molecule has 4 nitrogen and oxygen atoms in total. The quantitative estimate of drug-likeness (QED) is 0.341. The molecule has 4 rings (SSSR count). The van der Waals surface area contributed by atoms with E-state index >= 15 is 0 Å². The molecular weight excluding hydrogens is 381 g/mol. The summed E-state index contributed by atoms with van der Waals surface area (Å²) in [6.45, 7) is 7.22. The number of rotatable bonds is 6. The average Bonchev–Trinajstić information content (AvgIpc) is 3.51. The van der Waals surface area contributed by atoms with E-state index in [0.29, 0.717) is 18.0 Å². The first-order chi connectivity index (χ1) is 13.9. The molecule has 0 aliphatic carbocycles. The molecule has 0 radical (unpaired) electrons. The van der Waals surface area contributed by atoms with Gasteiger partial charge < -0.3 is 9.05 Å². The van der Waals surface area contributed by atoms with Gasteiger partial charge in [-0.15, -0.1) is 0 Å². The highest BCUT2D eigenvalue weighted by molar-refractivity contribution is 7.52. The summed E-state index contributed by atoms with van der Waals surface area (Å²) in [5.41, 5.74) is 2.49. The second-order valence-electron chi connectivity index (χ2n) is 8.29. The zero-order valence-electron chi connectivity index (χ0n) is 17.0. The van der Waals surface area contributed by atoms with Crippen molar-refractivity contribution in [1.29, 1.82) is 0 Å². The molecule has 1 heterocycles. The van der Waals surface area contributed by atoms with Gasteiger partial charge >= 0.3 is 7.75 Å². The molecule has 0 spiro atoms. The van der Waals surface area contributed by atoms with Gasteiger partial charge in [0.05, 0.1) is 6.04 Å². The van der Waals surface area contributed by atoms with Gasteiger partial charge in [-0.25, -0.2) is 4.57 Å². The molecule has 2 unspecified atom stereocenters. The lowest BCUT2D eigenvalue weighted by Crippen LogP contribution is -2.11. The summed E-state index contributed by atoms with van der Waals surface area (Å²) in [7, 11) is -3.56. The van der Waals surface area contributed by atoms with Gasteiger partial charge in [0.25, 0.3) is 0 Å². The van der Waals surface area contributed by atoms with Crippen LogP contribution in [0.15, 0.2) is 84.9 Å². The lowest BCUT2D eigenvalue weighted by molar-refractivity contribution is 0.345. The van der Waals surface area contributed by atoms with Gasteiger partial charge in [0.2, 0.25) is 0 Å². The molecule has 3 aromatic carbocycles. The van der Waals surface area contributed by atoms with Crippen molar-refractivity contribution in [1.82, 2.24) is 4.67 Å². The van der Waals surface area contributed by atoms with Crippen LogP contribution in [0.5, 0.6) is 11.5 Å². The molecule has 3 aromatic rings. The molecule has 1 aliphatic heterocycles. The van der Waals surface area contributed by atoms with Crippen molar-refractivity contribution in [3.05, 3.63) is 96.1 Å². The Morgan fingerprint density at radius 3 is 1.72 bits per heavy atom. The van der Waals surface area contributed by atoms with E-state index in [0.717, 1.165) is 5.56 Å². The zero-order valence-corrected chi connectivity index (χ0v) is 17.9. The van der Waals surface area contributed by atoms with Crippen molar-refractivity contribution in [2.75, 3.05) is 6.54 Å². The van der Waals surface area contributed by atoms with E-state index in [1.54, 1.807) is 28.9 Å². The normalized spacial score (nSPS) is 18.9. The average molecular weight is 407 g/mol. The second-order valence-corrected chi connectivity index (χ2v) is 10.1. The Morgan fingerprint density at radius 1 is 0.793 bits per heavy atom. The van der Waals surface area contributed by atoms with Crippen LogP contribution in [-0.2, 0) is 9.98 Å². The number of benzene rings is 3. The third-order valence-corrected chi connectivity index (χ3v) is 6.94. The molecule has 29 heavy (non-hydrogen) atoms. The third kappa shape index (κ3) is 4.55. The second kappa shape index (κ2) is 7.70. The largest absolute Gasteiger partial charge is 0.516 e. The Kier molecular flexibility index (Phi) is 5.24. The van der Waals surface area contributed by atoms with E-state index in [-0.39, 0.29) is 11.5 Å². The summed E-state index contributed by atoms with van der Waals surface area (Å²) in [5, 5.41) is 0. The number of hydrogen-bond acceptors (Lipinski definition) is 3. The molecule has 0 amide bonds. The van der Waals surface area contributed by atoms with Gasteiger partial charge in [0.15, 0.2) is 0 Å². The number of hydrogen-bond donors (Lipinski definition) is 0. The maximum absolute atomic E-state index is 13.8. The minimum atomic E-state index is -3.56. The smallest absolute Gasteiger partial charge is 0.404 e. The summed E-state index contributed by atoms with van der Waals surface area (Å²) in [4.78, 5) is 0. The first-order valence-corrected chi connectivity index (χ1v) is 11.3. The van der Waals surface area contributed by atoms with Gasteiger partial charge in [-0.1, -0.05) is 81.4 Å². The summed E-state index contributed by atoms with van der Waals surface area (Å²) in [6, 6.07) is 26.9. The van der Waals surface area contributed by atoms with Crippen molar-refractivity contribution in [3.63, 3.8) is 0 Å². The summed E-state index contributed by atoms with van der Waals surface area (Å²) >= 11 is 0. The molecule has 0 saturated carbocycles. The summed E-state index contributed by atoms with van der Waals surface area (Å²) in [5.74, 6) is 1.06. The molecule has 0 aromatic heterocycles. The molecule has 1 fully saturated rings. The van der Waals surface area contributed by atoms with Crippen LogP contribution in [0, 0.1) is 0 Å². The molecule has 1 saturated heterocycles. The van der Waals surface area contributed by atoms with Gasteiger partial charge in [-0.05, 0) is 40.8 Å². The van der Waals surface area contributed by atoms with Gasteiger partial charge in [0.1, 0.15) is 11.5 Å². The lowest BCUT2D eigenvalue weighted by Gasteiger charge is -2.21. The van der Waals surface area contributed by atoms with Crippen LogP contribution in [0.2, 0.25) is 0 Å². The molecule has 0 N–H and O–H groups in total. The molecule has 2 atom stereocenters. The predicted octanol–water partition coefficient (Wildman–Crippen LogP) is 6.61. The van der Waals surface area contributed by atoms with E-state index < -0.39 is 7.75 Å². The SMILES string of the molecule is CC(C)(C)c1ccc(C2CN2P(=O)(Oc2ccccc2)Oc2ccccc2)cc1. The number of para-hydroxylation sites is 2. The minimum absolute atomic E-state index is 0.0160. The fraction of sp³-hybridized carbons (Fsp3) is 0.250. The van der Waals surface area contributed by atoms with Crippen LogP contribution < -0.4 is 9.05 Å². The Labute approximate surface area is 172 Å². The summed E-state index contributed by atoms with van der Waals surface area (Å²) < 4.78 is 27.4. The van der Waals surface area contributed by atoms with E-state index in [1.165, 1.54) is 5.56 Å². The minimum Gasteiger partial charge on any atom is -0.404 e. The van der Waals surface area contributed by atoms with E-state index in [9.17, 15) is 4.57 Å². The zero-order chi connectivity index (χ0) is 20.5. The van der Waals surface area contributed by atoms with Crippen molar-refractivity contribution in [2.24, 2.45) is 0 Å². The predicted molar refractivity (Wildman–Crippen MR) is 116 cm³/mol. The first-order valence-electron chi connectivity index (χ1n) is 9.82. The van der Waals surface area contributed by atoms with Crippen LogP contribution in [-0.4, -0.2) is 11.2 Å². The number of nitrogens with zero attached hydrogens (tertiary/aromatic N) is 1. The van der Waals surface area contributed by atoms with Crippen LogP contribution in [0.25, 0.3) is 0 Å². The van der Waals surface area contributed by atoms with Crippen LogP contribution in [0.3, 0.4) is 0 Å². The first kappa shape index (κ1) is 19.8. The van der Waals surface area contributed by atoms with Crippen molar-refractivity contribution < 1.29 is 13.6 Å². The van der Waals surface area contributed by atoms with Crippen molar-refractivity contribution in [3.8, 4) is 11.5 Å². The Morgan fingerprint density at radius 2 is 1.28 bits per heavy atom. The maximum atomic E-state index is 13.8. The highest BCUT2D eigenvalue weighted by atomic mass is 31.2. The van der Waals surface area contributed by atoms with Crippen molar-refractivity contribution in [2.45, 2.75) is 32.2 Å². The highest BCUT2D eigenvalue weighted by Crippen LogP contribution is 2.62. The monoisotopic (exact) mass is 407 g/mol. The van der Waals surface area contributed by atoms with Crippen LogP contribution >= 0.6 is 7.75 Å². The van der Waals surface area contributed by atoms with Gasteiger partial charge in [0, 0.05) is 6.54 Å².